The van der Waals surface area contributed by atoms with Crippen LogP contribution in [-0.2, 0) is 9.53 Å². The van der Waals surface area contributed by atoms with Gasteiger partial charge in [0, 0.05) is 37.3 Å². The Morgan fingerprint density at radius 1 is 1.27 bits per heavy atom. The summed E-state index contributed by atoms with van der Waals surface area (Å²) in [6.07, 6.45) is 0.334. The number of nitrogens with one attached hydrogen (secondary N) is 1. The van der Waals surface area contributed by atoms with Crippen molar-refractivity contribution in [3.63, 3.8) is 0 Å². The van der Waals surface area contributed by atoms with Crippen LogP contribution >= 0.6 is 0 Å². The van der Waals surface area contributed by atoms with Gasteiger partial charge in [-0.05, 0) is 38.1 Å². The third-order valence-corrected chi connectivity index (χ3v) is 4.56. The van der Waals surface area contributed by atoms with Crippen molar-refractivity contribution in [2.45, 2.75) is 32.2 Å². The summed E-state index contributed by atoms with van der Waals surface area (Å²) in [7, 11) is 0. The summed E-state index contributed by atoms with van der Waals surface area (Å²) < 4.78 is 21.2. The Balaban J connectivity index is 1.85. The predicted molar refractivity (Wildman–Crippen MR) is 90.9 cm³/mol. The van der Waals surface area contributed by atoms with Crippen LogP contribution in [-0.4, -0.2) is 45.5 Å². The maximum absolute atomic E-state index is 14.5. The van der Waals surface area contributed by atoms with Crippen LogP contribution < -0.4 is 5.32 Å². The molecule has 1 aliphatic heterocycles. The van der Waals surface area contributed by atoms with Gasteiger partial charge in [-0.3, -0.25) is 4.79 Å². The number of aliphatic carboxylic acids is 1. The molecule has 1 saturated heterocycles. The Labute approximate surface area is 149 Å². The Morgan fingerprint density at radius 2 is 1.96 bits per heavy atom. The highest BCUT2D eigenvalue weighted by atomic mass is 19.1. The first kappa shape index (κ1) is 18.1. The van der Waals surface area contributed by atoms with E-state index in [0.717, 1.165) is 17.5 Å². The largest absolute Gasteiger partial charge is 0.480 e. The van der Waals surface area contributed by atoms with E-state index in [9.17, 15) is 19.1 Å². The van der Waals surface area contributed by atoms with Crippen molar-refractivity contribution < 1.29 is 23.8 Å². The highest BCUT2D eigenvalue weighted by Gasteiger charge is 2.41. The average molecular weight is 361 g/mol. The third kappa shape index (κ3) is 3.32. The van der Waals surface area contributed by atoms with Crippen molar-refractivity contribution >= 4 is 11.9 Å². The Hall–Kier alpha value is -2.74. The maximum Gasteiger partial charge on any atom is 0.329 e. The molecule has 1 aromatic heterocycles. The zero-order valence-electron chi connectivity index (χ0n) is 14.6. The van der Waals surface area contributed by atoms with E-state index in [0.29, 0.717) is 0 Å². The number of aromatic nitrogens is 2. The molecule has 0 radical (unpaired) electrons. The summed E-state index contributed by atoms with van der Waals surface area (Å²) in [5.74, 6) is -2.36. The van der Waals surface area contributed by atoms with Crippen LogP contribution in [0.3, 0.4) is 0 Å². The number of ether oxygens (including phenoxy) is 1. The normalized spacial score (nSPS) is 16.3. The number of hydrogen-bond acceptors (Lipinski definition) is 4. The summed E-state index contributed by atoms with van der Waals surface area (Å²) >= 11 is 0. The minimum Gasteiger partial charge on any atom is -0.480 e. The first-order chi connectivity index (χ1) is 12.3. The molecule has 2 N–H and O–H groups in total. The van der Waals surface area contributed by atoms with Crippen LogP contribution in [0.4, 0.5) is 4.39 Å². The van der Waals surface area contributed by atoms with E-state index in [1.807, 2.05) is 19.9 Å². The van der Waals surface area contributed by atoms with E-state index in [-0.39, 0.29) is 37.3 Å². The van der Waals surface area contributed by atoms with Crippen molar-refractivity contribution in [2.75, 3.05) is 13.2 Å². The molecule has 7 nitrogen and oxygen atoms in total. The molecule has 0 atom stereocenters. The van der Waals surface area contributed by atoms with Crippen LogP contribution in [0.25, 0.3) is 5.69 Å². The lowest BCUT2D eigenvalue weighted by Gasteiger charge is -2.33. The highest BCUT2D eigenvalue weighted by Crippen LogP contribution is 2.23. The molecule has 26 heavy (non-hydrogen) atoms. The molecule has 2 aromatic rings. The number of carbonyl (C=O) groups excluding carboxylic acids is 1. The molecule has 0 saturated carbocycles. The number of nitrogens with zero attached hydrogens (tertiary/aromatic N) is 2. The molecule has 1 amide bonds. The number of benzene rings is 1. The minimum atomic E-state index is -1.39. The average Bonchev–Trinajstić information content (AvgIpc) is 2.93. The summed E-state index contributed by atoms with van der Waals surface area (Å²) in [6.45, 7) is 4.11. The fourth-order valence-corrected chi connectivity index (χ4v) is 3.09. The maximum atomic E-state index is 14.5. The summed E-state index contributed by atoms with van der Waals surface area (Å²) in [6, 6.07) is 5.83. The molecule has 2 heterocycles. The van der Waals surface area contributed by atoms with Gasteiger partial charge in [-0.15, -0.1) is 0 Å². The van der Waals surface area contributed by atoms with Crippen LogP contribution in [0.5, 0.6) is 0 Å². The minimum absolute atomic E-state index is 0.0555. The monoisotopic (exact) mass is 361 g/mol. The van der Waals surface area contributed by atoms with Gasteiger partial charge >= 0.3 is 5.97 Å². The lowest BCUT2D eigenvalue weighted by atomic mass is 9.89. The second-order valence-electron chi connectivity index (χ2n) is 6.46. The van der Waals surface area contributed by atoms with Crippen LogP contribution in [0.1, 0.15) is 34.6 Å². The first-order valence-corrected chi connectivity index (χ1v) is 8.29. The zero-order valence-corrected chi connectivity index (χ0v) is 14.6. The number of hydrogen-bond donors (Lipinski definition) is 2. The van der Waals surface area contributed by atoms with E-state index in [1.165, 1.54) is 16.8 Å². The topological polar surface area (TPSA) is 93.5 Å². The summed E-state index contributed by atoms with van der Waals surface area (Å²) in [5, 5.41) is 16.3. The standard InChI is InChI=1S/C18H20FN3O4/c1-11-9-12(2)22(21-11)15-4-3-13(10-14(15)19)16(23)20-18(17(24)25)5-7-26-8-6-18/h3-4,9-10H,5-8H2,1-2H3,(H,20,23)(H,24,25). The Kier molecular flexibility index (Phi) is 4.78. The van der Waals surface area contributed by atoms with Gasteiger partial charge < -0.3 is 15.2 Å². The fraction of sp³-hybridized carbons (Fsp3) is 0.389. The van der Waals surface area contributed by atoms with Gasteiger partial charge in [-0.1, -0.05) is 0 Å². The molecule has 8 heteroatoms. The SMILES string of the molecule is Cc1cc(C)n(-c2ccc(C(=O)NC3(C(=O)O)CCOCC3)cc2F)n1. The number of aryl methyl sites for hydroxylation is 2. The smallest absolute Gasteiger partial charge is 0.329 e. The van der Waals surface area contributed by atoms with Crippen molar-refractivity contribution in [3.8, 4) is 5.69 Å². The van der Waals surface area contributed by atoms with Gasteiger partial charge in [0.2, 0.25) is 0 Å². The van der Waals surface area contributed by atoms with E-state index < -0.39 is 23.2 Å². The quantitative estimate of drug-likeness (QED) is 0.869. The number of carbonyl (C=O) groups is 2. The van der Waals surface area contributed by atoms with Gasteiger partial charge in [0.1, 0.15) is 17.0 Å². The van der Waals surface area contributed by atoms with Gasteiger partial charge in [-0.25, -0.2) is 13.9 Å². The van der Waals surface area contributed by atoms with Gasteiger partial charge in [0.05, 0.1) is 5.69 Å². The molecule has 0 bridgehead atoms. The molecule has 3 rings (SSSR count). The van der Waals surface area contributed by atoms with Crippen molar-refractivity contribution in [2.24, 2.45) is 0 Å². The Bertz CT molecular complexity index is 856. The lowest BCUT2D eigenvalue weighted by molar-refractivity contribution is -0.148. The second kappa shape index (κ2) is 6.87. The molecule has 1 aliphatic rings. The highest BCUT2D eigenvalue weighted by molar-refractivity contribution is 5.98. The van der Waals surface area contributed by atoms with Crippen LogP contribution in [0.15, 0.2) is 24.3 Å². The number of carboxylic acid groups (broad SMARTS) is 1. The van der Waals surface area contributed by atoms with E-state index in [1.54, 1.807) is 0 Å². The number of halogens is 1. The van der Waals surface area contributed by atoms with E-state index >= 15 is 0 Å². The number of rotatable bonds is 4. The number of carboxylic acids is 1. The van der Waals surface area contributed by atoms with E-state index in [2.05, 4.69) is 10.4 Å². The lowest BCUT2D eigenvalue weighted by Crippen LogP contribution is -2.57. The van der Waals surface area contributed by atoms with Crippen LogP contribution in [0.2, 0.25) is 0 Å². The molecule has 0 aliphatic carbocycles. The summed E-state index contributed by atoms with van der Waals surface area (Å²) in [5.41, 5.74) is 0.420. The van der Waals surface area contributed by atoms with Gasteiger partial charge in [0.25, 0.3) is 5.91 Å². The molecule has 0 spiro atoms. The second-order valence-corrected chi connectivity index (χ2v) is 6.46. The Morgan fingerprint density at radius 3 is 2.50 bits per heavy atom. The fourth-order valence-electron chi connectivity index (χ4n) is 3.09. The van der Waals surface area contributed by atoms with Crippen molar-refractivity contribution in [1.29, 1.82) is 0 Å². The van der Waals surface area contributed by atoms with Crippen LogP contribution in [0, 0.1) is 19.7 Å². The number of amides is 1. The molecule has 0 unspecified atom stereocenters. The molecule has 1 fully saturated rings. The first-order valence-electron chi connectivity index (χ1n) is 8.29. The summed E-state index contributed by atoms with van der Waals surface area (Å²) in [4.78, 5) is 24.1. The molecule has 1 aromatic carbocycles. The predicted octanol–water partition coefficient (Wildman–Crippen LogP) is 1.99. The molecular weight excluding hydrogens is 341 g/mol. The van der Waals surface area contributed by atoms with Crippen molar-refractivity contribution in [3.05, 3.63) is 47.0 Å². The zero-order chi connectivity index (χ0) is 18.9. The molecule has 138 valence electrons. The van der Waals surface area contributed by atoms with Crippen molar-refractivity contribution in [1.82, 2.24) is 15.1 Å². The third-order valence-electron chi connectivity index (χ3n) is 4.56. The molecular formula is C18H20FN3O4. The van der Waals surface area contributed by atoms with E-state index in [4.69, 9.17) is 4.74 Å². The van der Waals surface area contributed by atoms with Gasteiger partial charge in [-0.2, -0.15) is 5.10 Å². The van der Waals surface area contributed by atoms with Gasteiger partial charge in [0.15, 0.2) is 0 Å².